The van der Waals surface area contributed by atoms with E-state index in [2.05, 4.69) is 22.9 Å². The SMILES string of the molecule is COCC(NC(=O)c1ccn(S(C)(=O)=O)c1)C(=O)NC(N)=S. The van der Waals surface area contributed by atoms with Gasteiger partial charge in [-0.15, -0.1) is 0 Å². The third kappa shape index (κ3) is 5.09. The van der Waals surface area contributed by atoms with Gasteiger partial charge in [0.05, 0.1) is 18.4 Å². The molecule has 22 heavy (non-hydrogen) atoms. The molecule has 1 aromatic heterocycles. The molecule has 1 unspecified atom stereocenters. The number of hydrogen-bond donors (Lipinski definition) is 3. The van der Waals surface area contributed by atoms with E-state index in [1.54, 1.807) is 0 Å². The summed E-state index contributed by atoms with van der Waals surface area (Å²) < 4.78 is 28.4. The third-order valence-electron chi connectivity index (χ3n) is 2.51. The maximum atomic E-state index is 12.0. The van der Waals surface area contributed by atoms with Crippen LogP contribution in [0.15, 0.2) is 18.5 Å². The fourth-order valence-corrected chi connectivity index (χ4v) is 2.20. The van der Waals surface area contributed by atoms with E-state index in [9.17, 15) is 18.0 Å². The monoisotopic (exact) mass is 348 g/mol. The molecule has 0 radical (unpaired) electrons. The summed E-state index contributed by atoms with van der Waals surface area (Å²) in [5.74, 6) is -1.27. The average molecular weight is 348 g/mol. The number of carbonyl (C=O) groups is 2. The van der Waals surface area contributed by atoms with Crippen LogP contribution in [0.3, 0.4) is 0 Å². The van der Waals surface area contributed by atoms with E-state index in [1.165, 1.54) is 19.4 Å². The van der Waals surface area contributed by atoms with Crippen molar-refractivity contribution in [2.24, 2.45) is 5.73 Å². The van der Waals surface area contributed by atoms with E-state index in [4.69, 9.17) is 10.5 Å². The average Bonchev–Trinajstić information content (AvgIpc) is 2.86. The number of carbonyl (C=O) groups excluding carboxylic acids is 2. The molecule has 0 aliphatic carbocycles. The molecule has 0 fully saturated rings. The van der Waals surface area contributed by atoms with Gasteiger partial charge in [0.1, 0.15) is 6.04 Å². The van der Waals surface area contributed by atoms with Gasteiger partial charge in [0.2, 0.25) is 10.0 Å². The Morgan fingerprint density at radius 3 is 2.59 bits per heavy atom. The summed E-state index contributed by atoms with van der Waals surface area (Å²) in [6.45, 7) is -0.104. The van der Waals surface area contributed by atoms with Crippen molar-refractivity contribution in [3.63, 3.8) is 0 Å². The molecule has 0 spiro atoms. The van der Waals surface area contributed by atoms with Gasteiger partial charge >= 0.3 is 0 Å². The Bertz CT molecular complexity index is 682. The molecule has 1 atom stereocenters. The Morgan fingerprint density at radius 2 is 2.14 bits per heavy atom. The molecule has 0 saturated carbocycles. The summed E-state index contributed by atoms with van der Waals surface area (Å²) in [5.41, 5.74) is 5.27. The lowest BCUT2D eigenvalue weighted by Gasteiger charge is -2.16. The molecule has 0 bridgehead atoms. The van der Waals surface area contributed by atoms with Crippen LogP contribution in [0.1, 0.15) is 10.4 Å². The number of methoxy groups -OCH3 is 1. The van der Waals surface area contributed by atoms with Gasteiger partial charge in [-0.3, -0.25) is 13.6 Å². The standard InChI is InChI=1S/C11H16N4O5S2/c1-20-6-8(10(17)14-11(12)21)13-9(16)7-3-4-15(5-7)22(2,18)19/h3-5,8H,6H2,1-2H3,(H,13,16)(H3,12,14,17,21). The topological polar surface area (TPSA) is 133 Å². The van der Waals surface area contributed by atoms with E-state index in [1.807, 2.05) is 0 Å². The minimum atomic E-state index is -3.49. The summed E-state index contributed by atoms with van der Waals surface area (Å²) in [6.07, 6.45) is 3.36. The van der Waals surface area contributed by atoms with Crippen molar-refractivity contribution in [3.05, 3.63) is 24.0 Å². The van der Waals surface area contributed by atoms with Crippen molar-refractivity contribution >= 4 is 39.2 Å². The van der Waals surface area contributed by atoms with Gasteiger partial charge in [0.25, 0.3) is 11.8 Å². The highest BCUT2D eigenvalue weighted by molar-refractivity contribution is 7.89. The van der Waals surface area contributed by atoms with Crippen molar-refractivity contribution in [2.45, 2.75) is 6.04 Å². The Balaban J connectivity index is 2.85. The van der Waals surface area contributed by atoms with Crippen LogP contribution in [-0.4, -0.2) is 55.3 Å². The van der Waals surface area contributed by atoms with Crippen LogP contribution >= 0.6 is 12.2 Å². The first-order valence-corrected chi connectivity index (χ1v) is 8.19. The number of rotatable bonds is 6. The van der Waals surface area contributed by atoms with Crippen LogP contribution in [0.5, 0.6) is 0 Å². The van der Waals surface area contributed by atoms with Crippen molar-refractivity contribution in [3.8, 4) is 0 Å². The van der Waals surface area contributed by atoms with Gasteiger partial charge in [-0.2, -0.15) is 0 Å². The molecule has 1 heterocycles. The molecule has 4 N–H and O–H groups in total. The highest BCUT2D eigenvalue weighted by atomic mass is 32.2. The van der Waals surface area contributed by atoms with Gasteiger partial charge in [-0.1, -0.05) is 0 Å². The normalized spacial score (nSPS) is 12.5. The van der Waals surface area contributed by atoms with E-state index in [0.29, 0.717) is 0 Å². The van der Waals surface area contributed by atoms with E-state index in [-0.39, 0.29) is 17.3 Å². The molecule has 0 saturated heterocycles. The number of nitrogens with two attached hydrogens (primary N) is 1. The van der Waals surface area contributed by atoms with E-state index >= 15 is 0 Å². The first kappa shape index (κ1) is 18.1. The molecular formula is C11H16N4O5S2. The number of nitrogens with zero attached hydrogens (tertiary/aromatic N) is 1. The second-order valence-corrected chi connectivity index (χ2v) is 6.66. The second kappa shape index (κ2) is 7.33. The largest absolute Gasteiger partial charge is 0.382 e. The zero-order chi connectivity index (χ0) is 16.9. The predicted molar refractivity (Wildman–Crippen MR) is 82.7 cm³/mol. The van der Waals surface area contributed by atoms with Crippen LogP contribution < -0.4 is 16.4 Å². The first-order valence-electron chi connectivity index (χ1n) is 5.93. The van der Waals surface area contributed by atoms with Gasteiger partial charge in [0.15, 0.2) is 5.11 Å². The summed E-state index contributed by atoms with van der Waals surface area (Å²) in [6, 6.07) is 0.284. The summed E-state index contributed by atoms with van der Waals surface area (Å²) >= 11 is 4.55. The molecular weight excluding hydrogens is 332 g/mol. The molecule has 0 aliphatic heterocycles. The summed E-state index contributed by atoms with van der Waals surface area (Å²) in [4.78, 5) is 23.8. The maximum Gasteiger partial charge on any atom is 0.253 e. The fourth-order valence-electron chi connectivity index (χ4n) is 1.52. The van der Waals surface area contributed by atoms with Crippen molar-refractivity contribution in [2.75, 3.05) is 20.0 Å². The highest BCUT2D eigenvalue weighted by Crippen LogP contribution is 2.04. The predicted octanol–water partition coefficient (Wildman–Crippen LogP) is -1.60. The van der Waals surface area contributed by atoms with E-state index < -0.39 is 27.9 Å². The lowest BCUT2D eigenvalue weighted by Crippen LogP contribution is -2.51. The molecule has 122 valence electrons. The van der Waals surface area contributed by atoms with Gasteiger partial charge in [-0.25, -0.2) is 8.42 Å². The minimum Gasteiger partial charge on any atom is -0.382 e. The van der Waals surface area contributed by atoms with Gasteiger partial charge in [-0.05, 0) is 18.3 Å². The number of aromatic nitrogens is 1. The number of thiocarbonyl (C=S) groups is 1. The van der Waals surface area contributed by atoms with Crippen molar-refractivity contribution < 1.29 is 22.7 Å². The third-order valence-corrected chi connectivity index (χ3v) is 3.61. The molecule has 11 heteroatoms. The molecule has 1 rings (SSSR count). The number of amides is 2. The van der Waals surface area contributed by atoms with Crippen molar-refractivity contribution in [1.29, 1.82) is 0 Å². The van der Waals surface area contributed by atoms with Crippen molar-refractivity contribution in [1.82, 2.24) is 14.6 Å². The van der Waals surface area contributed by atoms with Gasteiger partial charge in [0, 0.05) is 19.5 Å². The zero-order valence-corrected chi connectivity index (χ0v) is 13.5. The minimum absolute atomic E-state index is 0.0784. The van der Waals surface area contributed by atoms with Crippen LogP contribution in [-0.2, 0) is 19.6 Å². The Morgan fingerprint density at radius 1 is 1.50 bits per heavy atom. The van der Waals surface area contributed by atoms with Gasteiger partial charge < -0.3 is 21.1 Å². The lowest BCUT2D eigenvalue weighted by atomic mass is 10.2. The Labute approximate surface area is 132 Å². The second-order valence-electron chi connectivity index (χ2n) is 4.33. The highest BCUT2D eigenvalue weighted by Gasteiger charge is 2.22. The summed E-state index contributed by atoms with van der Waals surface area (Å²) in [5, 5.41) is 4.36. The molecule has 0 aromatic carbocycles. The molecule has 9 nitrogen and oxygen atoms in total. The molecule has 1 aromatic rings. The van der Waals surface area contributed by atoms with Crippen LogP contribution in [0.2, 0.25) is 0 Å². The first-order chi connectivity index (χ1) is 10.1. The smallest absolute Gasteiger partial charge is 0.253 e. The van der Waals surface area contributed by atoms with Crippen LogP contribution in [0.25, 0.3) is 0 Å². The van der Waals surface area contributed by atoms with Crippen LogP contribution in [0.4, 0.5) is 0 Å². The number of nitrogens with one attached hydrogen (secondary N) is 2. The Kier molecular flexibility index (Phi) is 6.02. The fraction of sp³-hybridized carbons (Fsp3) is 0.364. The maximum absolute atomic E-state index is 12.0. The molecule has 2 amide bonds. The molecule has 0 aliphatic rings. The summed E-state index contributed by atoms with van der Waals surface area (Å²) in [7, 11) is -2.13. The zero-order valence-electron chi connectivity index (χ0n) is 11.9. The quantitative estimate of drug-likeness (QED) is 0.527. The Hall–Kier alpha value is -1.98. The number of ether oxygens (including phenoxy) is 1. The number of hydrogen-bond acceptors (Lipinski definition) is 6. The lowest BCUT2D eigenvalue weighted by molar-refractivity contribution is -0.122. The van der Waals surface area contributed by atoms with E-state index in [0.717, 1.165) is 16.4 Å². The van der Waals surface area contributed by atoms with Crippen LogP contribution in [0, 0.1) is 0 Å².